The van der Waals surface area contributed by atoms with Gasteiger partial charge in [0.05, 0.1) is 10.6 Å². The third-order valence-corrected chi connectivity index (χ3v) is 3.15. The topological polar surface area (TPSA) is 192 Å². The summed E-state index contributed by atoms with van der Waals surface area (Å²) < 4.78 is 0. The minimum atomic E-state index is -1.37. The van der Waals surface area contributed by atoms with Gasteiger partial charge in [0.1, 0.15) is 12.6 Å². The Morgan fingerprint density at radius 1 is 1.50 bits per heavy atom. The van der Waals surface area contributed by atoms with Gasteiger partial charge in [0.15, 0.2) is 5.96 Å². The van der Waals surface area contributed by atoms with E-state index in [1.807, 2.05) is 0 Å². The maximum absolute atomic E-state index is 12.2. The van der Waals surface area contributed by atoms with Crippen LogP contribution in [0.25, 0.3) is 0 Å². The van der Waals surface area contributed by atoms with Crippen molar-refractivity contribution in [2.24, 2.45) is 5.73 Å². The Morgan fingerprint density at radius 3 is 2.71 bits per heavy atom. The van der Waals surface area contributed by atoms with Crippen molar-refractivity contribution in [2.45, 2.75) is 6.04 Å². The van der Waals surface area contributed by atoms with E-state index >= 15 is 0 Å². The summed E-state index contributed by atoms with van der Waals surface area (Å²) in [6.45, 7) is -0.816. The van der Waals surface area contributed by atoms with Crippen LogP contribution in [0.2, 0.25) is 0 Å². The molecule has 1 unspecified atom stereocenters. The van der Waals surface area contributed by atoms with E-state index in [2.05, 4.69) is 10.6 Å². The highest BCUT2D eigenvalue weighted by atomic mass is 16.6. The molecule has 12 nitrogen and oxygen atoms in total. The van der Waals surface area contributed by atoms with E-state index in [9.17, 15) is 24.5 Å². The highest BCUT2D eigenvalue weighted by molar-refractivity contribution is 6.07. The Hall–Kier alpha value is -3.70. The van der Waals surface area contributed by atoms with E-state index in [4.69, 9.17) is 16.2 Å². The molecule has 1 heterocycles. The number of non-ortho nitro benzene ring substituents is 1. The highest BCUT2D eigenvalue weighted by Crippen LogP contribution is 2.31. The van der Waals surface area contributed by atoms with Crippen LogP contribution in [0.4, 0.5) is 16.2 Å². The summed E-state index contributed by atoms with van der Waals surface area (Å²) in [5.41, 5.74) is 4.99. The SMILES string of the molecule is N=C(N)Nc1cc([N+](=O)[O-])ccc1C1NC(=O)N(CC(=O)O)C1=O. The van der Waals surface area contributed by atoms with Crippen LogP contribution in [0.1, 0.15) is 11.6 Å². The average molecular weight is 336 g/mol. The van der Waals surface area contributed by atoms with Crippen LogP contribution in [-0.2, 0) is 9.59 Å². The van der Waals surface area contributed by atoms with Gasteiger partial charge >= 0.3 is 12.0 Å². The fraction of sp³-hybridized carbons (Fsp3) is 0.167. The molecule has 1 fully saturated rings. The molecule has 0 spiro atoms. The molecule has 24 heavy (non-hydrogen) atoms. The minimum Gasteiger partial charge on any atom is -0.480 e. The standard InChI is InChI=1S/C12H12N6O6/c13-11(14)15-7-3-5(18(23)24)1-2-6(7)9-10(21)17(4-8(19)20)12(22)16-9/h1-3,9H,4H2,(H,16,22)(H,19,20)(H4,13,14,15). The normalized spacial score (nSPS) is 16.7. The molecule has 0 aliphatic carbocycles. The fourth-order valence-corrected chi connectivity index (χ4v) is 2.18. The van der Waals surface area contributed by atoms with Crippen LogP contribution in [-0.4, -0.2) is 45.3 Å². The second-order valence-electron chi connectivity index (χ2n) is 4.77. The number of urea groups is 1. The van der Waals surface area contributed by atoms with E-state index in [0.29, 0.717) is 4.90 Å². The second kappa shape index (κ2) is 6.20. The molecule has 1 aliphatic heterocycles. The van der Waals surface area contributed by atoms with Gasteiger partial charge in [0, 0.05) is 17.7 Å². The molecule has 126 valence electrons. The number of rotatable bonds is 5. The van der Waals surface area contributed by atoms with Gasteiger partial charge in [-0.15, -0.1) is 0 Å². The highest BCUT2D eigenvalue weighted by Gasteiger charge is 2.41. The van der Waals surface area contributed by atoms with Gasteiger partial charge in [-0.05, 0) is 6.07 Å². The first-order valence-electron chi connectivity index (χ1n) is 6.43. The number of guanidine groups is 1. The van der Waals surface area contributed by atoms with Gasteiger partial charge < -0.3 is 21.5 Å². The third kappa shape index (κ3) is 3.21. The first kappa shape index (κ1) is 16.7. The number of nitrogens with one attached hydrogen (secondary N) is 3. The smallest absolute Gasteiger partial charge is 0.325 e. The lowest BCUT2D eigenvalue weighted by Gasteiger charge is -2.15. The zero-order chi connectivity index (χ0) is 18.0. The monoisotopic (exact) mass is 336 g/mol. The summed E-state index contributed by atoms with van der Waals surface area (Å²) in [5, 5.41) is 31.5. The maximum Gasteiger partial charge on any atom is 0.325 e. The Kier molecular flexibility index (Phi) is 4.30. The van der Waals surface area contributed by atoms with Gasteiger partial charge in [0.25, 0.3) is 11.6 Å². The number of anilines is 1. The van der Waals surface area contributed by atoms with Crippen molar-refractivity contribution in [3.05, 3.63) is 33.9 Å². The van der Waals surface area contributed by atoms with Crippen LogP contribution in [0.3, 0.4) is 0 Å². The number of carboxylic acid groups (broad SMARTS) is 1. The first-order valence-corrected chi connectivity index (χ1v) is 6.43. The number of nitro benzene ring substituents is 1. The largest absolute Gasteiger partial charge is 0.480 e. The number of amides is 3. The van der Waals surface area contributed by atoms with Gasteiger partial charge in [0.2, 0.25) is 0 Å². The number of hydrogen-bond acceptors (Lipinski definition) is 6. The lowest BCUT2D eigenvalue weighted by atomic mass is 10.0. The van der Waals surface area contributed by atoms with Crippen LogP contribution in [0.5, 0.6) is 0 Å². The number of carboxylic acids is 1. The average Bonchev–Trinajstić information content (AvgIpc) is 2.74. The maximum atomic E-state index is 12.2. The quantitative estimate of drug-likeness (QED) is 0.157. The summed E-state index contributed by atoms with van der Waals surface area (Å²) in [6, 6.07) is 1.23. The Morgan fingerprint density at radius 2 is 2.17 bits per heavy atom. The molecule has 0 bridgehead atoms. The molecule has 2 rings (SSSR count). The van der Waals surface area contributed by atoms with Crippen LogP contribution in [0, 0.1) is 15.5 Å². The Balaban J connectivity index is 2.42. The van der Waals surface area contributed by atoms with E-state index in [-0.39, 0.29) is 16.9 Å². The number of carbonyl (C=O) groups is 3. The van der Waals surface area contributed by atoms with Gasteiger partial charge in [-0.2, -0.15) is 0 Å². The van der Waals surface area contributed by atoms with Crippen molar-refractivity contribution in [3.8, 4) is 0 Å². The molecule has 0 aromatic heterocycles. The molecule has 1 aliphatic rings. The van der Waals surface area contributed by atoms with Crippen LogP contribution < -0.4 is 16.4 Å². The predicted molar refractivity (Wildman–Crippen MR) is 79.3 cm³/mol. The molecule has 1 atom stereocenters. The van der Waals surface area contributed by atoms with Crippen molar-refractivity contribution in [3.63, 3.8) is 0 Å². The summed E-state index contributed by atoms with van der Waals surface area (Å²) >= 11 is 0. The molecule has 6 N–H and O–H groups in total. The second-order valence-corrected chi connectivity index (χ2v) is 4.77. The molecular formula is C12H12N6O6. The number of benzene rings is 1. The molecular weight excluding hydrogens is 324 g/mol. The van der Waals surface area contributed by atoms with Crippen LogP contribution in [0.15, 0.2) is 18.2 Å². The summed E-state index contributed by atoms with van der Waals surface area (Å²) in [4.78, 5) is 45.4. The van der Waals surface area contributed by atoms with E-state index in [0.717, 1.165) is 12.1 Å². The Labute approximate surface area is 133 Å². The number of nitrogens with two attached hydrogens (primary N) is 1. The molecule has 12 heteroatoms. The number of carbonyl (C=O) groups excluding carboxylic acids is 2. The number of nitro groups is 1. The third-order valence-electron chi connectivity index (χ3n) is 3.15. The zero-order valence-corrected chi connectivity index (χ0v) is 12.0. The molecule has 3 amide bonds. The van der Waals surface area contributed by atoms with Crippen molar-refractivity contribution < 1.29 is 24.4 Å². The predicted octanol–water partition coefficient (Wildman–Crippen LogP) is -0.422. The zero-order valence-electron chi connectivity index (χ0n) is 12.0. The van der Waals surface area contributed by atoms with Crippen molar-refractivity contribution >= 4 is 35.2 Å². The lowest BCUT2D eigenvalue weighted by Crippen LogP contribution is -2.35. The molecule has 0 radical (unpaired) electrons. The molecule has 1 aromatic carbocycles. The van der Waals surface area contributed by atoms with E-state index in [1.165, 1.54) is 6.07 Å². The number of nitrogens with zero attached hydrogens (tertiary/aromatic N) is 2. The van der Waals surface area contributed by atoms with E-state index < -0.39 is 41.4 Å². The minimum absolute atomic E-state index is 0.0208. The number of aliphatic carboxylic acids is 1. The van der Waals surface area contributed by atoms with Crippen molar-refractivity contribution in [2.75, 3.05) is 11.9 Å². The van der Waals surface area contributed by atoms with Gasteiger partial charge in [-0.1, -0.05) is 0 Å². The van der Waals surface area contributed by atoms with Crippen LogP contribution >= 0.6 is 0 Å². The van der Waals surface area contributed by atoms with Gasteiger partial charge in [-0.25, -0.2) is 4.79 Å². The Bertz CT molecular complexity index is 762. The van der Waals surface area contributed by atoms with Gasteiger partial charge in [-0.3, -0.25) is 30.0 Å². The molecule has 1 saturated heterocycles. The van der Waals surface area contributed by atoms with E-state index in [1.54, 1.807) is 0 Å². The summed E-state index contributed by atoms with van der Waals surface area (Å²) in [7, 11) is 0. The summed E-state index contributed by atoms with van der Waals surface area (Å²) in [5.74, 6) is -2.73. The fourth-order valence-electron chi connectivity index (χ4n) is 2.18. The lowest BCUT2D eigenvalue weighted by molar-refractivity contribution is -0.384. The first-order chi connectivity index (χ1) is 11.2. The number of imide groups is 1. The molecule has 1 aromatic rings. The number of hydrogen-bond donors (Lipinski definition) is 5. The molecule has 0 saturated carbocycles. The summed E-state index contributed by atoms with van der Waals surface area (Å²) in [6.07, 6.45) is 0. The van der Waals surface area contributed by atoms with Crippen molar-refractivity contribution in [1.82, 2.24) is 10.2 Å². The van der Waals surface area contributed by atoms with Crippen molar-refractivity contribution in [1.29, 1.82) is 5.41 Å².